The highest BCUT2D eigenvalue weighted by atomic mass is 32.2. The summed E-state index contributed by atoms with van der Waals surface area (Å²) in [7, 11) is 0. The first-order valence-electron chi connectivity index (χ1n) is 8.46. The van der Waals surface area contributed by atoms with Gasteiger partial charge in [-0.05, 0) is 62.7 Å². The van der Waals surface area contributed by atoms with Gasteiger partial charge in [-0.1, -0.05) is 48.6 Å². The molecule has 0 amide bonds. The second-order valence-corrected chi connectivity index (χ2v) is 6.65. The molecule has 1 aromatic rings. The fourth-order valence-corrected chi connectivity index (χ4v) is 3.19. The van der Waals surface area contributed by atoms with Crippen molar-refractivity contribution in [2.75, 3.05) is 6.26 Å². The third-order valence-electron chi connectivity index (χ3n) is 3.90. The zero-order valence-corrected chi connectivity index (χ0v) is 15.2. The molecule has 2 rings (SSSR count). The van der Waals surface area contributed by atoms with Gasteiger partial charge in [0.15, 0.2) is 0 Å². The Bertz CT molecular complexity index is 524. The fraction of sp³-hybridized carbons (Fsp3) is 0.500. The summed E-state index contributed by atoms with van der Waals surface area (Å²) in [6.45, 7) is 4.21. The van der Waals surface area contributed by atoms with Crippen LogP contribution in [0.5, 0.6) is 0 Å². The van der Waals surface area contributed by atoms with Crippen molar-refractivity contribution in [3.63, 3.8) is 0 Å². The maximum absolute atomic E-state index is 6.14. The summed E-state index contributed by atoms with van der Waals surface area (Å²) >= 11 is 1.40. The summed E-state index contributed by atoms with van der Waals surface area (Å²) in [5, 5.41) is 0. The summed E-state index contributed by atoms with van der Waals surface area (Å²) in [6, 6.07) is 8.65. The SMILES string of the molecule is CSOC(C)/C=C/c1cccc(CC(C)OC2C=CCCC2)c1. The molecule has 0 N–H and O–H groups in total. The Morgan fingerprint density at radius 3 is 2.96 bits per heavy atom. The predicted octanol–water partition coefficient (Wildman–Crippen LogP) is 5.44. The van der Waals surface area contributed by atoms with E-state index in [-0.39, 0.29) is 12.2 Å². The van der Waals surface area contributed by atoms with E-state index in [4.69, 9.17) is 8.92 Å². The third-order valence-corrected chi connectivity index (χ3v) is 4.40. The van der Waals surface area contributed by atoms with Gasteiger partial charge in [0.2, 0.25) is 0 Å². The second kappa shape index (κ2) is 9.96. The fourth-order valence-electron chi connectivity index (χ4n) is 2.83. The molecule has 0 aromatic heterocycles. The van der Waals surface area contributed by atoms with E-state index in [9.17, 15) is 0 Å². The van der Waals surface area contributed by atoms with Crippen molar-refractivity contribution in [2.45, 2.75) is 57.8 Å². The van der Waals surface area contributed by atoms with Crippen LogP contribution < -0.4 is 0 Å². The minimum absolute atomic E-state index is 0.119. The van der Waals surface area contributed by atoms with Crippen LogP contribution in [0, 0.1) is 0 Å². The standard InChI is InChI=1S/C20H28O2S/c1-16(22-23-3)12-13-18-8-7-9-19(15-18)14-17(2)21-20-10-5-4-6-11-20/h5,7-10,12-13,15-17,20H,4,6,11,14H2,1-3H3/b13-12+. The van der Waals surface area contributed by atoms with Crippen LogP contribution in [0.25, 0.3) is 6.08 Å². The van der Waals surface area contributed by atoms with Gasteiger partial charge in [-0.3, -0.25) is 0 Å². The van der Waals surface area contributed by atoms with Crippen molar-refractivity contribution in [3.05, 3.63) is 53.6 Å². The van der Waals surface area contributed by atoms with Crippen molar-refractivity contribution in [1.82, 2.24) is 0 Å². The van der Waals surface area contributed by atoms with Gasteiger partial charge >= 0.3 is 0 Å². The Labute approximate surface area is 145 Å². The van der Waals surface area contributed by atoms with E-state index in [0.29, 0.717) is 6.10 Å². The molecule has 0 aliphatic heterocycles. The third kappa shape index (κ3) is 6.94. The lowest BCUT2D eigenvalue weighted by Gasteiger charge is -2.22. The van der Waals surface area contributed by atoms with Crippen molar-refractivity contribution < 1.29 is 8.92 Å². The molecular weight excluding hydrogens is 304 g/mol. The smallest absolute Gasteiger partial charge is 0.0878 e. The molecule has 0 spiro atoms. The molecule has 0 radical (unpaired) electrons. The van der Waals surface area contributed by atoms with Gasteiger partial charge in [0, 0.05) is 6.26 Å². The Hall–Kier alpha value is -1.03. The Morgan fingerprint density at radius 1 is 1.35 bits per heavy atom. The van der Waals surface area contributed by atoms with E-state index in [2.05, 4.69) is 55.5 Å². The molecule has 0 saturated heterocycles. The average molecular weight is 333 g/mol. The topological polar surface area (TPSA) is 18.5 Å². The molecular formula is C20H28O2S. The number of allylic oxidation sites excluding steroid dienone is 1. The van der Waals surface area contributed by atoms with Crippen molar-refractivity contribution in [1.29, 1.82) is 0 Å². The van der Waals surface area contributed by atoms with Crippen LogP contribution in [0.1, 0.15) is 44.2 Å². The number of rotatable bonds is 8. The lowest BCUT2D eigenvalue weighted by atomic mass is 10.0. The number of benzene rings is 1. The Balaban J connectivity index is 1.88. The molecule has 126 valence electrons. The second-order valence-electron chi connectivity index (χ2n) is 6.12. The van der Waals surface area contributed by atoms with Crippen molar-refractivity contribution >= 4 is 18.1 Å². The molecule has 23 heavy (non-hydrogen) atoms. The lowest BCUT2D eigenvalue weighted by Crippen LogP contribution is -2.21. The molecule has 1 aromatic carbocycles. The van der Waals surface area contributed by atoms with Gasteiger partial charge in [0.1, 0.15) is 0 Å². The maximum atomic E-state index is 6.14. The summed E-state index contributed by atoms with van der Waals surface area (Å²) in [6.07, 6.45) is 15.8. The van der Waals surface area contributed by atoms with Crippen LogP contribution in [0.4, 0.5) is 0 Å². The molecule has 0 heterocycles. The van der Waals surface area contributed by atoms with Gasteiger partial charge in [-0.15, -0.1) is 0 Å². The Kier molecular flexibility index (Phi) is 7.93. The monoisotopic (exact) mass is 332 g/mol. The van der Waals surface area contributed by atoms with Crippen molar-refractivity contribution in [3.8, 4) is 0 Å². The molecule has 3 heteroatoms. The van der Waals surface area contributed by atoms with E-state index in [1.165, 1.54) is 36.0 Å². The van der Waals surface area contributed by atoms with E-state index in [1.807, 2.05) is 13.2 Å². The first-order valence-corrected chi connectivity index (χ1v) is 9.61. The molecule has 1 aliphatic rings. The summed E-state index contributed by atoms with van der Waals surface area (Å²) in [4.78, 5) is 0. The van der Waals surface area contributed by atoms with Crippen LogP contribution in [0.2, 0.25) is 0 Å². The highest BCUT2D eigenvalue weighted by Crippen LogP contribution is 2.18. The van der Waals surface area contributed by atoms with Crippen LogP contribution >= 0.6 is 12.0 Å². The van der Waals surface area contributed by atoms with Gasteiger partial charge in [0.25, 0.3) is 0 Å². The molecule has 3 atom stereocenters. The molecule has 0 fully saturated rings. The zero-order chi connectivity index (χ0) is 16.5. The van der Waals surface area contributed by atoms with Crippen molar-refractivity contribution in [2.24, 2.45) is 0 Å². The molecule has 2 nitrogen and oxygen atoms in total. The number of hydrogen-bond acceptors (Lipinski definition) is 3. The van der Waals surface area contributed by atoms with Gasteiger partial charge < -0.3 is 8.92 Å². The zero-order valence-electron chi connectivity index (χ0n) is 14.4. The largest absolute Gasteiger partial charge is 0.371 e. The maximum Gasteiger partial charge on any atom is 0.0878 e. The summed E-state index contributed by atoms with van der Waals surface area (Å²) in [5.74, 6) is 0. The number of ether oxygens (including phenoxy) is 1. The quantitative estimate of drug-likeness (QED) is 0.466. The minimum Gasteiger partial charge on any atom is -0.371 e. The van der Waals surface area contributed by atoms with Crippen LogP contribution in [-0.2, 0) is 15.3 Å². The van der Waals surface area contributed by atoms with Crippen LogP contribution in [-0.4, -0.2) is 24.6 Å². The van der Waals surface area contributed by atoms with Crippen LogP contribution in [0.3, 0.4) is 0 Å². The van der Waals surface area contributed by atoms with Gasteiger partial charge in [-0.25, -0.2) is 0 Å². The first kappa shape index (κ1) is 18.3. The summed E-state index contributed by atoms with van der Waals surface area (Å²) in [5.41, 5.74) is 2.53. The minimum atomic E-state index is 0.119. The molecule has 3 unspecified atom stereocenters. The van der Waals surface area contributed by atoms with Gasteiger partial charge in [-0.2, -0.15) is 0 Å². The highest BCUT2D eigenvalue weighted by molar-refractivity contribution is 7.93. The normalized spacial score (nSPS) is 20.7. The molecule has 0 saturated carbocycles. The van der Waals surface area contributed by atoms with E-state index < -0.39 is 0 Å². The van der Waals surface area contributed by atoms with E-state index >= 15 is 0 Å². The van der Waals surface area contributed by atoms with E-state index in [0.717, 1.165) is 12.8 Å². The number of hydrogen-bond donors (Lipinski definition) is 0. The van der Waals surface area contributed by atoms with E-state index in [1.54, 1.807) is 0 Å². The van der Waals surface area contributed by atoms with Crippen LogP contribution in [0.15, 0.2) is 42.5 Å². The molecule has 1 aliphatic carbocycles. The first-order chi connectivity index (χ1) is 11.2. The lowest BCUT2D eigenvalue weighted by molar-refractivity contribution is 0.0177. The summed E-state index contributed by atoms with van der Waals surface area (Å²) < 4.78 is 11.6. The van der Waals surface area contributed by atoms with Gasteiger partial charge in [0.05, 0.1) is 18.3 Å². The highest BCUT2D eigenvalue weighted by Gasteiger charge is 2.13. The Morgan fingerprint density at radius 2 is 2.22 bits per heavy atom. The predicted molar refractivity (Wildman–Crippen MR) is 101 cm³/mol. The average Bonchev–Trinajstić information content (AvgIpc) is 2.54. The molecule has 0 bridgehead atoms.